The van der Waals surface area contributed by atoms with Crippen LogP contribution in [0.3, 0.4) is 0 Å². The van der Waals surface area contributed by atoms with Crippen LogP contribution in [-0.4, -0.2) is 21.6 Å². The summed E-state index contributed by atoms with van der Waals surface area (Å²) in [5.41, 5.74) is 1.93. The van der Waals surface area contributed by atoms with E-state index in [0.717, 1.165) is 22.9 Å². The van der Waals surface area contributed by atoms with Crippen LogP contribution in [-0.2, 0) is 4.79 Å². The summed E-state index contributed by atoms with van der Waals surface area (Å²) in [6.07, 6.45) is 0. The van der Waals surface area contributed by atoms with Crippen LogP contribution in [0.1, 0.15) is 0 Å². The smallest absolute Gasteiger partial charge is 0.260 e. The van der Waals surface area contributed by atoms with Gasteiger partial charge in [-0.3, -0.25) is 9.59 Å². The zero-order chi connectivity index (χ0) is 20.4. The zero-order valence-electron chi connectivity index (χ0n) is 14.7. The van der Waals surface area contributed by atoms with Gasteiger partial charge in [-0.15, -0.1) is 11.3 Å². The second-order valence-electron chi connectivity index (χ2n) is 6.03. The molecule has 2 N–H and O–H groups in total. The number of aromatic amines is 1. The van der Waals surface area contributed by atoms with E-state index in [1.165, 1.54) is 29.5 Å². The van der Waals surface area contributed by atoms with Crippen molar-refractivity contribution in [2.75, 3.05) is 11.1 Å². The number of amides is 1. The molecular weight excluding hydrogens is 433 g/mol. The second kappa shape index (κ2) is 8.36. The normalized spacial score (nSPS) is 11.0. The third kappa shape index (κ3) is 4.34. The standard InChI is InChI=1S/C20H13ClFN3O2S2/c21-14-8-12(6-7-15(14)22)23-16(26)10-29-20-24-18(27)17-13(9-28-19(17)25-20)11-4-2-1-3-5-11/h1-9H,10H2,(H,23,26)(H,24,25,27). The van der Waals surface area contributed by atoms with Crippen molar-refractivity contribution in [3.8, 4) is 11.1 Å². The first kappa shape index (κ1) is 19.6. The summed E-state index contributed by atoms with van der Waals surface area (Å²) >= 11 is 8.20. The summed E-state index contributed by atoms with van der Waals surface area (Å²) in [6.45, 7) is 0. The van der Waals surface area contributed by atoms with Gasteiger partial charge in [-0.05, 0) is 23.8 Å². The number of thioether (sulfide) groups is 1. The number of thiophene rings is 1. The van der Waals surface area contributed by atoms with E-state index in [-0.39, 0.29) is 22.2 Å². The number of H-pyrrole nitrogens is 1. The molecular formula is C20H13ClFN3O2S2. The number of carbonyl (C=O) groups excluding carboxylic acids is 1. The molecule has 0 unspecified atom stereocenters. The molecule has 4 aromatic rings. The molecule has 2 aromatic heterocycles. The highest BCUT2D eigenvalue weighted by atomic mass is 35.5. The maximum absolute atomic E-state index is 13.2. The van der Waals surface area contributed by atoms with Gasteiger partial charge >= 0.3 is 0 Å². The zero-order valence-corrected chi connectivity index (χ0v) is 17.1. The van der Waals surface area contributed by atoms with E-state index in [1.807, 2.05) is 35.7 Å². The molecule has 1 amide bonds. The van der Waals surface area contributed by atoms with Crippen LogP contribution < -0.4 is 10.9 Å². The van der Waals surface area contributed by atoms with Gasteiger partial charge in [0.2, 0.25) is 5.91 Å². The number of anilines is 1. The van der Waals surface area contributed by atoms with Crippen molar-refractivity contribution in [1.82, 2.24) is 9.97 Å². The van der Waals surface area contributed by atoms with Gasteiger partial charge in [0.1, 0.15) is 10.6 Å². The quantitative estimate of drug-likeness (QED) is 0.328. The Morgan fingerprint density at radius 3 is 2.79 bits per heavy atom. The number of aromatic nitrogens is 2. The van der Waals surface area contributed by atoms with Gasteiger partial charge in [0.15, 0.2) is 5.16 Å². The molecule has 5 nitrogen and oxygen atoms in total. The van der Waals surface area contributed by atoms with E-state index in [9.17, 15) is 14.0 Å². The van der Waals surface area contributed by atoms with Gasteiger partial charge in [-0.2, -0.15) is 0 Å². The summed E-state index contributed by atoms with van der Waals surface area (Å²) < 4.78 is 13.2. The third-order valence-corrected chi connectivity index (χ3v) is 6.09. The van der Waals surface area contributed by atoms with Crippen molar-refractivity contribution in [3.63, 3.8) is 0 Å². The maximum atomic E-state index is 13.2. The maximum Gasteiger partial charge on any atom is 0.260 e. The highest BCUT2D eigenvalue weighted by molar-refractivity contribution is 7.99. The molecule has 0 aliphatic carbocycles. The molecule has 0 bridgehead atoms. The minimum atomic E-state index is -0.556. The lowest BCUT2D eigenvalue weighted by Crippen LogP contribution is -2.15. The summed E-state index contributed by atoms with van der Waals surface area (Å²) in [6, 6.07) is 13.6. The fourth-order valence-corrected chi connectivity index (χ4v) is 4.58. The molecule has 2 heterocycles. The first-order chi connectivity index (χ1) is 14.0. The molecule has 9 heteroatoms. The fourth-order valence-electron chi connectivity index (χ4n) is 2.73. The van der Waals surface area contributed by atoms with E-state index in [2.05, 4.69) is 15.3 Å². The molecule has 0 aliphatic rings. The van der Waals surface area contributed by atoms with Crippen molar-refractivity contribution in [2.45, 2.75) is 5.16 Å². The number of fused-ring (bicyclic) bond motifs is 1. The molecule has 4 rings (SSSR count). The van der Waals surface area contributed by atoms with Gasteiger partial charge in [0.05, 0.1) is 16.2 Å². The minimum absolute atomic E-state index is 0.0281. The molecule has 29 heavy (non-hydrogen) atoms. The predicted molar refractivity (Wildman–Crippen MR) is 116 cm³/mol. The average Bonchev–Trinajstić information content (AvgIpc) is 3.15. The van der Waals surface area contributed by atoms with Gasteiger partial charge in [-0.1, -0.05) is 53.7 Å². The molecule has 0 saturated heterocycles. The number of hydrogen-bond donors (Lipinski definition) is 2. The Kier molecular flexibility index (Phi) is 5.66. The lowest BCUT2D eigenvalue weighted by molar-refractivity contribution is -0.113. The molecule has 0 radical (unpaired) electrons. The highest BCUT2D eigenvalue weighted by Gasteiger charge is 2.14. The number of rotatable bonds is 5. The van der Waals surface area contributed by atoms with Gasteiger partial charge in [0, 0.05) is 16.6 Å². The van der Waals surface area contributed by atoms with Crippen LogP contribution in [0.25, 0.3) is 21.3 Å². The SMILES string of the molecule is O=C(CSc1nc2scc(-c3ccccc3)c2c(=O)[nH]1)Nc1ccc(F)c(Cl)c1. The second-order valence-corrected chi connectivity index (χ2v) is 8.26. The van der Waals surface area contributed by atoms with Crippen LogP contribution in [0, 0.1) is 5.82 Å². The average molecular weight is 446 g/mol. The van der Waals surface area contributed by atoms with Crippen molar-refractivity contribution in [2.24, 2.45) is 0 Å². The number of benzene rings is 2. The van der Waals surface area contributed by atoms with Gasteiger partial charge in [-0.25, -0.2) is 9.37 Å². The Morgan fingerprint density at radius 1 is 1.24 bits per heavy atom. The predicted octanol–water partition coefficient (Wildman–Crippen LogP) is 5.17. The van der Waals surface area contributed by atoms with Crippen molar-refractivity contribution >= 4 is 56.5 Å². The lowest BCUT2D eigenvalue weighted by atomic mass is 10.1. The van der Waals surface area contributed by atoms with E-state index >= 15 is 0 Å². The van der Waals surface area contributed by atoms with E-state index < -0.39 is 5.82 Å². The van der Waals surface area contributed by atoms with Crippen LogP contribution in [0.15, 0.2) is 63.9 Å². The highest BCUT2D eigenvalue weighted by Crippen LogP contribution is 2.31. The number of hydrogen-bond acceptors (Lipinski definition) is 5. The Morgan fingerprint density at radius 2 is 2.03 bits per heavy atom. The topological polar surface area (TPSA) is 74.8 Å². The van der Waals surface area contributed by atoms with Crippen LogP contribution in [0.2, 0.25) is 5.02 Å². The van der Waals surface area contributed by atoms with Crippen molar-refractivity contribution in [3.05, 3.63) is 75.1 Å². The number of nitrogens with zero attached hydrogens (tertiary/aromatic N) is 1. The van der Waals surface area contributed by atoms with E-state index in [0.29, 0.717) is 21.1 Å². The van der Waals surface area contributed by atoms with E-state index in [4.69, 9.17) is 11.6 Å². The summed E-state index contributed by atoms with van der Waals surface area (Å²) in [5, 5.41) is 5.36. The Hall–Kier alpha value is -2.68. The fraction of sp³-hybridized carbons (Fsp3) is 0.0500. The molecule has 0 saturated carbocycles. The monoisotopic (exact) mass is 445 g/mol. The van der Waals surface area contributed by atoms with Crippen LogP contribution in [0.4, 0.5) is 10.1 Å². The molecule has 2 aromatic carbocycles. The first-order valence-electron chi connectivity index (χ1n) is 8.46. The van der Waals surface area contributed by atoms with Gasteiger partial charge < -0.3 is 10.3 Å². The number of nitrogens with one attached hydrogen (secondary N) is 2. The molecule has 0 fully saturated rings. The number of halogens is 2. The Bertz CT molecular complexity index is 1260. The molecule has 0 spiro atoms. The van der Waals surface area contributed by atoms with Gasteiger partial charge in [0.25, 0.3) is 5.56 Å². The summed E-state index contributed by atoms with van der Waals surface area (Å²) in [4.78, 5) is 32.5. The summed E-state index contributed by atoms with van der Waals surface area (Å²) in [7, 11) is 0. The first-order valence-corrected chi connectivity index (χ1v) is 10.7. The van der Waals surface area contributed by atoms with E-state index in [1.54, 1.807) is 0 Å². The Balaban J connectivity index is 1.49. The summed E-state index contributed by atoms with van der Waals surface area (Å²) in [5.74, 6) is -0.850. The molecule has 0 atom stereocenters. The molecule has 146 valence electrons. The number of carbonyl (C=O) groups is 1. The molecule has 0 aliphatic heterocycles. The third-order valence-electron chi connectivity index (χ3n) is 4.05. The Labute approximate surface area is 178 Å². The van der Waals surface area contributed by atoms with Crippen LogP contribution >= 0.6 is 34.7 Å². The largest absolute Gasteiger partial charge is 0.325 e. The van der Waals surface area contributed by atoms with Crippen LogP contribution in [0.5, 0.6) is 0 Å². The minimum Gasteiger partial charge on any atom is -0.325 e. The van der Waals surface area contributed by atoms with Crippen molar-refractivity contribution in [1.29, 1.82) is 0 Å². The van der Waals surface area contributed by atoms with Crippen molar-refractivity contribution < 1.29 is 9.18 Å². The lowest BCUT2D eigenvalue weighted by Gasteiger charge is -2.06.